The molecule has 1 aromatic carbocycles. The lowest BCUT2D eigenvalue weighted by Crippen LogP contribution is -2.43. The molecule has 0 aliphatic carbocycles. The predicted molar refractivity (Wildman–Crippen MR) is 83.4 cm³/mol. The van der Waals surface area contributed by atoms with Crippen molar-refractivity contribution in [3.63, 3.8) is 0 Å². The van der Waals surface area contributed by atoms with Crippen LogP contribution in [0.2, 0.25) is 0 Å². The molecule has 1 aliphatic heterocycles. The van der Waals surface area contributed by atoms with E-state index in [1.165, 1.54) is 0 Å². The molecule has 6 heteroatoms. The lowest BCUT2D eigenvalue weighted by molar-refractivity contribution is -0.132. The van der Waals surface area contributed by atoms with Crippen LogP contribution < -0.4 is 19.9 Å². The molecule has 0 bridgehead atoms. The van der Waals surface area contributed by atoms with E-state index in [2.05, 4.69) is 0 Å². The maximum atomic E-state index is 12.1. The zero-order chi connectivity index (χ0) is 15.9. The number of rotatable bonds is 6. The average Bonchev–Trinajstić information content (AvgIpc) is 2.55. The van der Waals surface area contributed by atoms with Crippen LogP contribution in [0.25, 0.3) is 0 Å². The number of benzene rings is 1. The molecule has 1 amide bonds. The highest BCUT2D eigenvalue weighted by molar-refractivity contribution is 5.76. The van der Waals surface area contributed by atoms with Gasteiger partial charge in [0, 0.05) is 19.1 Å². The molecular formula is C16H24N2O4. The van der Waals surface area contributed by atoms with E-state index in [0.29, 0.717) is 23.7 Å². The highest BCUT2D eigenvalue weighted by Gasteiger charge is 2.20. The second-order valence-corrected chi connectivity index (χ2v) is 5.31. The summed E-state index contributed by atoms with van der Waals surface area (Å²) in [6.45, 7) is 1.76. The van der Waals surface area contributed by atoms with Crippen molar-refractivity contribution < 1.29 is 19.0 Å². The van der Waals surface area contributed by atoms with Crippen LogP contribution in [0.1, 0.15) is 19.3 Å². The molecule has 1 aromatic rings. The fourth-order valence-electron chi connectivity index (χ4n) is 2.51. The van der Waals surface area contributed by atoms with Crippen molar-refractivity contribution in [2.45, 2.75) is 25.3 Å². The van der Waals surface area contributed by atoms with Crippen molar-refractivity contribution in [3.05, 3.63) is 18.2 Å². The number of methoxy groups -OCH3 is 2. The Kier molecular flexibility index (Phi) is 5.89. The Bertz CT molecular complexity index is 477. The summed E-state index contributed by atoms with van der Waals surface area (Å²) in [5, 5.41) is 0. The maximum Gasteiger partial charge on any atom is 0.225 e. The maximum absolute atomic E-state index is 12.1. The molecular weight excluding hydrogens is 284 g/mol. The first-order chi connectivity index (χ1) is 10.7. The number of nitrogens with zero attached hydrogens (tertiary/aromatic N) is 1. The van der Waals surface area contributed by atoms with Crippen LogP contribution in [0.5, 0.6) is 17.2 Å². The first-order valence-corrected chi connectivity index (χ1v) is 7.53. The normalized spacial score (nSPS) is 15.5. The minimum absolute atomic E-state index is 0.0979. The molecule has 0 radical (unpaired) electrons. The van der Waals surface area contributed by atoms with Crippen molar-refractivity contribution in [3.8, 4) is 17.2 Å². The molecule has 0 spiro atoms. The number of hydrogen-bond donors (Lipinski definition) is 1. The zero-order valence-electron chi connectivity index (χ0n) is 13.2. The lowest BCUT2D eigenvalue weighted by atomic mass is 10.1. The van der Waals surface area contributed by atoms with Gasteiger partial charge >= 0.3 is 0 Å². The highest BCUT2D eigenvalue weighted by Crippen LogP contribution is 2.36. The number of ether oxygens (including phenoxy) is 3. The van der Waals surface area contributed by atoms with Gasteiger partial charge in [0.25, 0.3) is 0 Å². The van der Waals surface area contributed by atoms with Gasteiger partial charge in [-0.25, -0.2) is 0 Å². The van der Waals surface area contributed by atoms with E-state index in [1.54, 1.807) is 26.4 Å². The number of piperidine rings is 1. The van der Waals surface area contributed by atoms with E-state index in [4.69, 9.17) is 19.9 Å². The largest absolute Gasteiger partial charge is 0.493 e. The standard InChI is InChI=1S/C16H24N2O4/c1-20-13-4-3-5-14(21-2)16(13)22-11-8-15(19)18-9-6-12(17)7-10-18/h3-5,12H,6-11,17H2,1-2H3. The van der Waals surface area contributed by atoms with Crippen LogP contribution >= 0.6 is 0 Å². The van der Waals surface area contributed by atoms with Gasteiger partial charge in [0.05, 0.1) is 27.2 Å². The van der Waals surface area contributed by atoms with Crippen LogP contribution in [0.3, 0.4) is 0 Å². The molecule has 22 heavy (non-hydrogen) atoms. The summed E-state index contributed by atoms with van der Waals surface area (Å²) in [7, 11) is 3.15. The summed E-state index contributed by atoms with van der Waals surface area (Å²) in [4.78, 5) is 14.0. The average molecular weight is 308 g/mol. The second-order valence-electron chi connectivity index (χ2n) is 5.31. The molecule has 0 saturated carbocycles. The lowest BCUT2D eigenvalue weighted by Gasteiger charge is -2.30. The highest BCUT2D eigenvalue weighted by atomic mass is 16.5. The second kappa shape index (κ2) is 7.89. The minimum Gasteiger partial charge on any atom is -0.493 e. The number of hydrogen-bond acceptors (Lipinski definition) is 5. The number of para-hydroxylation sites is 1. The summed E-state index contributed by atoms with van der Waals surface area (Å²) in [6.07, 6.45) is 2.07. The number of likely N-dealkylation sites (tertiary alicyclic amines) is 1. The van der Waals surface area contributed by atoms with Crippen molar-refractivity contribution >= 4 is 5.91 Å². The molecule has 1 saturated heterocycles. The fourth-order valence-corrected chi connectivity index (χ4v) is 2.51. The topological polar surface area (TPSA) is 74.0 Å². The van der Waals surface area contributed by atoms with Crippen LogP contribution in [0.15, 0.2) is 18.2 Å². The number of amides is 1. The van der Waals surface area contributed by atoms with E-state index >= 15 is 0 Å². The molecule has 0 atom stereocenters. The van der Waals surface area contributed by atoms with Crippen molar-refractivity contribution in [2.24, 2.45) is 5.73 Å². The molecule has 1 fully saturated rings. The van der Waals surface area contributed by atoms with Gasteiger partial charge in [-0.3, -0.25) is 4.79 Å². The van der Waals surface area contributed by atoms with E-state index < -0.39 is 0 Å². The summed E-state index contributed by atoms with van der Waals surface area (Å²) >= 11 is 0. The SMILES string of the molecule is COc1cccc(OC)c1OCCC(=O)N1CCC(N)CC1. The number of carbonyl (C=O) groups is 1. The summed E-state index contributed by atoms with van der Waals surface area (Å²) in [5.74, 6) is 1.81. The monoisotopic (exact) mass is 308 g/mol. The Morgan fingerprint density at radius 3 is 2.36 bits per heavy atom. The van der Waals surface area contributed by atoms with Gasteiger partial charge in [0.15, 0.2) is 11.5 Å². The smallest absolute Gasteiger partial charge is 0.225 e. The predicted octanol–water partition coefficient (Wildman–Crippen LogP) is 1.42. The first kappa shape index (κ1) is 16.4. The molecule has 0 unspecified atom stereocenters. The fraction of sp³-hybridized carbons (Fsp3) is 0.562. The van der Waals surface area contributed by atoms with Crippen molar-refractivity contribution in [1.29, 1.82) is 0 Å². The van der Waals surface area contributed by atoms with Crippen LogP contribution in [0.4, 0.5) is 0 Å². The molecule has 2 rings (SSSR count). The molecule has 0 aromatic heterocycles. The van der Waals surface area contributed by atoms with E-state index in [0.717, 1.165) is 25.9 Å². The van der Waals surface area contributed by atoms with E-state index in [1.807, 2.05) is 11.0 Å². The molecule has 122 valence electrons. The van der Waals surface area contributed by atoms with Gasteiger partial charge < -0.3 is 24.8 Å². The Balaban J connectivity index is 1.87. The van der Waals surface area contributed by atoms with Crippen LogP contribution in [0, 0.1) is 0 Å². The molecule has 6 nitrogen and oxygen atoms in total. The van der Waals surface area contributed by atoms with Gasteiger partial charge in [0.1, 0.15) is 0 Å². The quantitative estimate of drug-likeness (QED) is 0.860. The van der Waals surface area contributed by atoms with Crippen LogP contribution in [-0.4, -0.2) is 50.8 Å². The first-order valence-electron chi connectivity index (χ1n) is 7.53. The molecule has 2 N–H and O–H groups in total. The van der Waals surface area contributed by atoms with Crippen molar-refractivity contribution in [1.82, 2.24) is 4.90 Å². The van der Waals surface area contributed by atoms with Gasteiger partial charge in [-0.15, -0.1) is 0 Å². The Morgan fingerprint density at radius 2 is 1.82 bits per heavy atom. The summed E-state index contributed by atoms with van der Waals surface area (Å²) in [6, 6.07) is 5.64. The Hall–Kier alpha value is -1.95. The van der Waals surface area contributed by atoms with Gasteiger partial charge in [-0.1, -0.05) is 6.07 Å². The number of nitrogens with two attached hydrogens (primary N) is 1. The van der Waals surface area contributed by atoms with Gasteiger partial charge in [0.2, 0.25) is 11.7 Å². The molecule has 1 heterocycles. The van der Waals surface area contributed by atoms with Crippen molar-refractivity contribution in [2.75, 3.05) is 33.9 Å². The van der Waals surface area contributed by atoms with Gasteiger partial charge in [-0.05, 0) is 25.0 Å². The third kappa shape index (κ3) is 4.04. The van der Waals surface area contributed by atoms with E-state index in [9.17, 15) is 4.79 Å². The summed E-state index contributed by atoms with van der Waals surface area (Å²) in [5.41, 5.74) is 5.85. The Morgan fingerprint density at radius 1 is 1.23 bits per heavy atom. The van der Waals surface area contributed by atoms with E-state index in [-0.39, 0.29) is 18.6 Å². The minimum atomic E-state index is 0.0979. The molecule has 1 aliphatic rings. The third-order valence-corrected chi connectivity index (χ3v) is 3.84. The third-order valence-electron chi connectivity index (χ3n) is 3.84. The zero-order valence-corrected chi connectivity index (χ0v) is 13.2. The Labute approximate surface area is 131 Å². The van der Waals surface area contributed by atoms with Gasteiger partial charge in [-0.2, -0.15) is 0 Å². The van der Waals surface area contributed by atoms with Crippen LogP contribution in [-0.2, 0) is 4.79 Å². The summed E-state index contributed by atoms with van der Waals surface area (Å²) < 4.78 is 16.2. The number of carbonyl (C=O) groups excluding carboxylic acids is 1.